The molecule has 1 atom stereocenters. The van der Waals surface area contributed by atoms with Crippen molar-refractivity contribution in [3.63, 3.8) is 0 Å². The lowest BCUT2D eigenvalue weighted by Crippen LogP contribution is -1.98. The first kappa shape index (κ1) is 13.6. The topological polar surface area (TPSA) is 33.4 Å². The molecule has 1 N–H and O–H groups in total. The molecule has 0 aliphatic rings. The third-order valence-corrected chi connectivity index (χ3v) is 4.43. The van der Waals surface area contributed by atoms with Gasteiger partial charge in [0.15, 0.2) is 0 Å². The molecule has 2 nitrogen and oxygen atoms in total. The molecule has 0 aliphatic carbocycles. The van der Waals surface area contributed by atoms with Gasteiger partial charge in [-0.15, -0.1) is 0 Å². The molecule has 0 saturated heterocycles. The molecule has 1 aromatic heterocycles. The van der Waals surface area contributed by atoms with Crippen LogP contribution >= 0.6 is 15.9 Å². The summed E-state index contributed by atoms with van der Waals surface area (Å²) in [6, 6.07) is 21.5. The molecular formula is C19H13BrO2. The van der Waals surface area contributed by atoms with Crippen molar-refractivity contribution >= 4 is 37.9 Å². The maximum atomic E-state index is 10.6. The summed E-state index contributed by atoms with van der Waals surface area (Å²) in [6.07, 6.45) is -0.661. The van der Waals surface area contributed by atoms with Gasteiger partial charge in [0.25, 0.3) is 0 Å². The summed E-state index contributed by atoms with van der Waals surface area (Å²) in [5.74, 6) is 0. The first-order valence-corrected chi connectivity index (χ1v) is 7.86. The van der Waals surface area contributed by atoms with Gasteiger partial charge in [-0.1, -0.05) is 58.4 Å². The summed E-state index contributed by atoms with van der Waals surface area (Å²) in [5.41, 5.74) is 3.36. The zero-order valence-corrected chi connectivity index (χ0v) is 13.2. The van der Waals surface area contributed by atoms with E-state index in [0.717, 1.165) is 37.5 Å². The fraction of sp³-hybridized carbons (Fsp3) is 0.0526. The Balaban J connectivity index is 1.81. The maximum Gasteiger partial charge on any atom is 0.135 e. The van der Waals surface area contributed by atoms with Crippen molar-refractivity contribution in [1.82, 2.24) is 0 Å². The van der Waals surface area contributed by atoms with Gasteiger partial charge >= 0.3 is 0 Å². The number of furan rings is 1. The number of halogens is 1. The van der Waals surface area contributed by atoms with E-state index in [9.17, 15) is 5.11 Å². The lowest BCUT2D eigenvalue weighted by atomic mass is 10.0. The van der Waals surface area contributed by atoms with Crippen molar-refractivity contribution in [1.29, 1.82) is 0 Å². The van der Waals surface area contributed by atoms with Crippen molar-refractivity contribution in [2.45, 2.75) is 6.10 Å². The van der Waals surface area contributed by atoms with E-state index < -0.39 is 6.10 Å². The predicted molar refractivity (Wildman–Crippen MR) is 91.9 cm³/mol. The molecule has 0 aliphatic heterocycles. The monoisotopic (exact) mass is 352 g/mol. The Hall–Kier alpha value is -2.10. The fourth-order valence-corrected chi connectivity index (χ4v) is 3.01. The van der Waals surface area contributed by atoms with Crippen LogP contribution in [0.3, 0.4) is 0 Å². The van der Waals surface area contributed by atoms with Crippen molar-refractivity contribution in [2.75, 3.05) is 0 Å². The van der Waals surface area contributed by atoms with Crippen LogP contribution in [0.2, 0.25) is 0 Å². The molecule has 0 amide bonds. The van der Waals surface area contributed by atoms with E-state index in [1.54, 1.807) is 0 Å². The van der Waals surface area contributed by atoms with E-state index >= 15 is 0 Å². The molecule has 0 fully saturated rings. The lowest BCUT2D eigenvalue weighted by molar-refractivity contribution is 0.220. The summed E-state index contributed by atoms with van der Waals surface area (Å²) in [4.78, 5) is 0. The van der Waals surface area contributed by atoms with Crippen LogP contribution in [-0.4, -0.2) is 5.11 Å². The molecule has 4 rings (SSSR count). The van der Waals surface area contributed by atoms with Gasteiger partial charge in [0, 0.05) is 15.2 Å². The molecule has 0 saturated carbocycles. The number of fused-ring (bicyclic) bond motifs is 3. The van der Waals surface area contributed by atoms with E-state index in [2.05, 4.69) is 15.9 Å². The Morgan fingerprint density at radius 2 is 1.45 bits per heavy atom. The third-order valence-electron chi connectivity index (χ3n) is 3.90. The van der Waals surface area contributed by atoms with Gasteiger partial charge in [0.2, 0.25) is 0 Å². The Morgan fingerprint density at radius 1 is 0.773 bits per heavy atom. The molecule has 4 aromatic rings. The zero-order chi connectivity index (χ0) is 15.1. The normalized spacial score (nSPS) is 12.8. The van der Waals surface area contributed by atoms with Crippen LogP contribution in [0.5, 0.6) is 0 Å². The molecule has 3 heteroatoms. The molecule has 3 aromatic carbocycles. The number of aliphatic hydroxyl groups is 1. The summed E-state index contributed by atoms with van der Waals surface area (Å²) in [7, 11) is 0. The van der Waals surface area contributed by atoms with Crippen LogP contribution in [0, 0.1) is 0 Å². The van der Waals surface area contributed by atoms with Gasteiger partial charge in [-0.25, -0.2) is 0 Å². The van der Waals surface area contributed by atoms with E-state index in [4.69, 9.17) is 4.42 Å². The van der Waals surface area contributed by atoms with Crippen molar-refractivity contribution in [3.05, 3.63) is 82.3 Å². The lowest BCUT2D eigenvalue weighted by Gasteiger charge is -2.11. The minimum absolute atomic E-state index is 0.661. The largest absolute Gasteiger partial charge is 0.456 e. The predicted octanol–water partition coefficient (Wildman–Crippen LogP) is 5.43. The standard InChI is InChI=1S/C19H13BrO2/c20-14-8-5-12(6-9-14)19(21)13-7-10-16-15-3-1-2-4-17(15)22-18(16)11-13/h1-11,19,21H/t19-/m1/s1. The van der Waals surface area contributed by atoms with Gasteiger partial charge in [-0.05, 0) is 35.4 Å². The molecule has 0 radical (unpaired) electrons. The highest BCUT2D eigenvalue weighted by Crippen LogP contribution is 2.32. The molecule has 22 heavy (non-hydrogen) atoms. The second-order valence-electron chi connectivity index (χ2n) is 5.31. The molecule has 0 bridgehead atoms. The van der Waals surface area contributed by atoms with E-state index in [1.165, 1.54) is 0 Å². The average Bonchev–Trinajstić information content (AvgIpc) is 2.92. The van der Waals surface area contributed by atoms with Gasteiger partial charge < -0.3 is 9.52 Å². The minimum atomic E-state index is -0.661. The number of aliphatic hydroxyl groups excluding tert-OH is 1. The highest BCUT2D eigenvalue weighted by Gasteiger charge is 2.13. The molecule has 1 heterocycles. The highest BCUT2D eigenvalue weighted by molar-refractivity contribution is 9.10. The number of rotatable bonds is 2. The smallest absolute Gasteiger partial charge is 0.135 e. The third kappa shape index (κ3) is 2.23. The zero-order valence-electron chi connectivity index (χ0n) is 11.7. The van der Waals surface area contributed by atoms with Crippen LogP contribution in [-0.2, 0) is 0 Å². The van der Waals surface area contributed by atoms with Crippen molar-refractivity contribution in [3.8, 4) is 0 Å². The van der Waals surface area contributed by atoms with Crippen LogP contribution in [0.1, 0.15) is 17.2 Å². The Kier molecular flexibility index (Phi) is 3.25. The van der Waals surface area contributed by atoms with Gasteiger partial charge in [0.05, 0.1) is 0 Å². The van der Waals surface area contributed by atoms with Crippen LogP contribution < -0.4 is 0 Å². The molecule has 0 unspecified atom stereocenters. The van der Waals surface area contributed by atoms with Gasteiger partial charge in [0.1, 0.15) is 17.3 Å². The molecular weight excluding hydrogens is 340 g/mol. The first-order valence-electron chi connectivity index (χ1n) is 7.07. The Morgan fingerprint density at radius 3 is 2.27 bits per heavy atom. The van der Waals surface area contributed by atoms with E-state index in [0.29, 0.717) is 0 Å². The summed E-state index contributed by atoms with van der Waals surface area (Å²) in [6.45, 7) is 0. The number of para-hydroxylation sites is 1. The second-order valence-corrected chi connectivity index (χ2v) is 6.22. The van der Waals surface area contributed by atoms with Crippen molar-refractivity contribution in [2.24, 2.45) is 0 Å². The highest BCUT2D eigenvalue weighted by atomic mass is 79.9. The number of hydrogen-bond donors (Lipinski definition) is 1. The van der Waals surface area contributed by atoms with Crippen molar-refractivity contribution < 1.29 is 9.52 Å². The van der Waals surface area contributed by atoms with Crippen LogP contribution in [0.4, 0.5) is 0 Å². The first-order chi connectivity index (χ1) is 10.7. The summed E-state index contributed by atoms with van der Waals surface area (Å²) >= 11 is 3.41. The van der Waals surface area contributed by atoms with Gasteiger partial charge in [-0.3, -0.25) is 0 Å². The van der Waals surface area contributed by atoms with Crippen LogP contribution in [0.25, 0.3) is 21.9 Å². The quantitative estimate of drug-likeness (QED) is 0.521. The van der Waals surface area contributed by atoms with E-state index in [-0.39, 0.29) is 0 Å². The number of hydrogen-bond acceptors (Lipinski definition) is 2. The maximum absolute atomic E-state index is 10.6. The fourth-order valence-electron chi connectivity index (χ4n) is 2.75. The van der Waals surface area contributed by atoms with E-state index in [1.807, 2.05) is 66.7 Å². The summed E-state index contributed by atoms with van der Waals surface area (Å²) in [5, 5.41) is 12.7. The molecule has 108 valence electrons. The molecule has 0 spiro atoms. The average molecular weight is 353 g/mol. The second kappa shape index (κ2) is 5.27. The number of benzene rings is 3. The van der Waals surface area contributed by atoms with Gasteiger partial charge in [-0.2, -0.15) is 0 Å². The summed E-state index contributed by atoms with van der Waals surface area (Å²) < 4.78 is 6.88. The Bertz CT molecular complexity index is 954. The van der Waals surface area contributed by atoms with Crippen LogP contribution in [0.15, 0.2) is 75.6 Å². The SMILES string of the molecule is O[C@H](c1ccc(Br)cc1)c1ccc2c(c1)oc1ccccc12. The Labute approximate surface area is 136 Å². The minimum Gasteiger partial charge on any atom is -0.456 e.